The highest BCUT2D eigenvalue weighted by Gasteiger charge is 2.24. The van der Waals surface area contributed by atoms with E-state index in [-0.39, 0.29) is 5.97 Å². The van der Waals surface area contributed by atoms with E-state index in [0.717, 1.165) is 52.1 Å². The summed E-state index contributed by atoms with van der Waals surface area (Å²) in [5, 5.41) is 0. The second-order valence-electron chi connectivity index (χ2n) is 6.54. The molecule has 3 rings (SSSR count). The molecule has 148 valence electrons. The van der Waals surface area contributed by atoms with Crippen molar-refractivity contribution in [2.75, 3.05) is 32.3 Å². The predicted molar refractivity (Wildman–Crippen MR) is 112 cm³/mol. The number of rotatable bonds is 8. The van der Waals surface area contributed by atoms with Gasteiger partial charge in [-0.2, -0.15) is 0 Å². The van der Waals surface area contributed by atoms with Crippen LogP contribution in [0, 0.1) is 0 Å². The SMILES string of the molecule is C=C(C)C(=O)OCCCCN1c2ccc(OC)cc2Sc2cc(OC)ccc21. The van der Waals surface area contributed by atoms with Gasteiger partial charge in [-0.3, -0.25) is 0 Å². The molecule has 0 spiro atoms. The Kier molecular flexibility index (Phi) is 6.52. The van der Waals surface area contributed by atoms with Crippen molar-refractivity contribution in [1.29, 1.82) is 0 Å². The molecule has 28 heavy (non-hydrogen) atoms. The van der Waals surface area contributed by atoms with Gasteiger partial charge in [-0.25, -0.2) is 4.79 Å². The van der Waals surface area contributed by atoms with Gasteiger partial charge in [0.25, 0.3) is 0 Å². The Labute approximate surface area is 170 Å². The lowest BCUT2D eigenvalue weighted by Gasteiger charge is -2.33. The van der Waals surface area contributed by atoms with Crippen LogP contribution in [0.3, 0.4) is 0 Å². The van der Waals surface area contributed by atoms with Gasteiger partial charge in [-0.1, -0.05) is 18.3 Å². The van der Waals surface area contributed by atoms with Crippen molar-refractivity contribution in [3.8, 4) is 11.5 Å². The summed E-state index contributed by atoms with van der Waals surface area (Å²) in [7, 11) is 3.35. The Hall–Kier alpha value is -2.60. The molecule has 0 aromatic heterocycles. The first-order chi connectivity index (χ1) is 13.5. The molecule has 0 atom stereocenters. The smallest absolute Gasteiger partial charge is 0.333 e. The summed E-state index contributed by atoms with van der Waals surface area (Å²) in [6.45, 7) is 6.48. The maximum Gasteiger partial charge on any atom is 0.333 e. The lowest BCUT2D eigenvalue weighted by molar-refractivity contribution is -0.139. The molecular weight excluding hydrogens is 374 g/mol. The van der Waals surface area contributed by atoms with Crippen LogP contribution in [-0.4, -0.2) is 33.3 Å². The number of methoxy groups -OCH3 is 2. The van der Waals surface area contributed by atoms with Crippen molar-refractivity contribution < 1.29 is 19.0 Å². The lowest BCUT2D eigenvalue weighted by Crippen LogP contribution is -2.22. The topological polar surface area (TPSA) is 48.0 Å². The van der Waals surface area contributed by atoms with E-state index in [9.17, 15) is 4.79 Å². The molecule has 0 saturated carbocycles. The fraction of sp³-hybridized carbons (Fsp3) is 0.318. The molecule has 1 heterocycles. The first-order valence-electron chi connectivity index (χ1n) is 9.17. The van der Waals surface area contributed by atoms with Crippen molar-refractivity contribution in [3.05, 3.63) is 48.6 Å². The number of anilines is 2. The zero-order valence-corrected chi connectivity index (χ0v) is 17.3. The van der Waals surface area contributed by atoms with E-state index in [2.05, 4.69) is 35.7 Å². The normalized spacial score (nSPS) is 12.0. The Morgan fingerprint density at radius 1 is 1.00 bits per heavy atom. The average molecular weight is 400 g/mol. The number of unbranched alkanes of at least 4 members (excludes halogenated alkanes) is 1. The first-order valence-corrected chi connectivity index (χ1v) is 9.99. The van der Waals surface area contributed by atoms with E-state index >= 15 is 0 Å². The highest BCUT2D eigenvalue weighted by Crippen LogP contribution is 2.50. The van der Waals surface area contributed by atoms with Gasteiger partial charge >= 0.3 is 5.97 Å². The van der Waals surface area contributed by atoms with Gasteiger partial charge in [-0.05, 0) is 56.2 Å². The largest absolute Gasteiger partial charge is 0.497 e. The summed E-state index contributed by atoms with van der Waals surface area (Å²) < 4.78 is 16.0. The van der Waals surface area contributed by atoms with E-state index < -0.39 is 0 Å². The molecule has 1 aliphatic heterocycles. The lowest BCUT2D eigenvalue weighted by atomic mass is 10.2. The molecule has 2 aromatic carbocycles. The van der Waals surface area contributed by atoms with Gasteiger partial charge in [-0.15, -0.1) is 0 Å². The van der Waals surface area contributed by atoms with Gasteiger partial charge in [0.05, 0.1) is 32.2 Å². The highest BCUT2D eigenvalue weighted by molar-refractivity contribution is 7.99. The second kappa shape index (κ2) is 9.06. The molecule has 5 nitrogen and oxygen atoms in total. The number of carbonyl (C=O) groups excluding carboxylic acids is 1. The van der Waals surface area contributed by atoms with Crippen molar-refractivity contribution in [3.63, 3.8) is 0 Å². The van der Waals surface area contributed by atoms with E-state index in [0.29, 0.717) is 12.2 Å². The molecule has 0 amide bonds. The average Bonchev–Trinajstić information content (AvgIpc) is 2.71. The molecule has 1 aliphatic rings. The monoisotopic (exact) mass is 399 g/mol. The number of nitrogens with zero attached hydrogens (tertiary/aromatic N) is 1. The number of ether oxygens (including phenoxy) is 3. The van der Waals surface area contributed by atoms with Crippen LogP contribution in [0.5, 0.6) is 11.5 Å². The summed E-state index contributed by atoms with van der Waals surface area (Å²) in [5.74, 6) is 1.35. The number of fused-ring (bicyclic) bond motifs is 2. The van der Waals surface area contributed by atoms with Crippen molar-refractivity contribution in [1.82, 2.24) is 0 Å². The summed E-state index contributed by atoms with van der Waals surface area (Å²) >= 11 is 1.72. The zero-order chi connectivity index (χ0) is 20.1. The van der Waals surface area contributed by atoms with E-state index in [1.165, 1.54) is 0 Å². The maximum absolute atomic E-state index is 11.5. The standard InChI is InChI=1S/C22H25NO4S/c1-15(2)22(24)27-12-6-5-11-23-18-9-7-16(25-3)13-20(18)28-21-14-17(26-4)8-10-19(21)23/h7-10,13-14H,1,5-6,11-12H2,2-4H3. The van der Waals surface area contributed by atoms with Crippen LogP contribution in [0.2, 0.25) is 0 Å². The molecule has 0 unspecified atom stereocenters. The molecule has 0 N–H and O–H groups in total. The summed E-state index contributed by atoms with van der Waals surface area (Å²) in [5.41, 5.74) is 2.74. The van der Waals surface area contributed by atoms with E-state index in [4.69, 9.17) is 14.2 Å². The number of hydrogen-bond acceptors (Lipinski definition) is 6. The molecule has 0 saturated heterocycles. The third-order valence-corrected chi connectivity index (χ3v) is 5.59. The molecule has 0 fully saturated rings. The van der Waals surface area contributed by atoms with Gasteiger partial charge in [0.1, 0.15) is 11.5 Å². The maximum atomic E-state index is 11.5. The fourth-order valence-corrected chi connectivity index (χ4v) is 4.15. The highest BCUT2D eigenvalue weighted by atomic mass is 32.2. The van der Waals surface area contributed by atoms with Crippen molar-refractivity contribution in [2.24, 2.45) is 0 Å². The molecule has 0 bridgehead atoms. The van der Waals surface area contributed by atoms with Crippen LogP contribution in [0.4, 0.5) is 11.4 Å². The first kappa shape index (κ1) is 20.1. The molecule has 6 heteroatoms. The van der Waals surface area contributed by atoms with E-state index in [1.807, 2.05) is 12.1 Å². The minimum absolute atomic E-state index is 0.329. The van der Waals surface area contributed by atoms with Crippen LogP contribution >= 0.6 is 11.8 Å². The molecular formula is C22H25NO4S. The Bertz CT molecular complexity index is 827. The van der Waals surface area contributed by atoms with Crippen molar-refractivity contribution in [2.45, 2.75) is 29.6 Å². The van der Waals surface area contributed by atoms with Gasteiger partial charge in [0.15, 0.2) is 0 Å². The third kappa shape index (κ3) is 4.44. The minimum atomic E-state index is -0.329. The molecule has 0 radical (unpaired) electrons. The Morgan fingerprint density at radius 2 is 1.57 bits per heavy atom. The number of esters is 1. The van der Waals surface area contributed by atoms with Gasteiger partial charge < -0.3 is 19.1 Å². The Balaban J connectivity index is 1.76. The van der Waals surface area contributed by atoms with Gasteiger partial charge in [0.2, 0.25) is 0 Å². The van der Waals surface area contributed by atoms with Crippen LogP contribution in [0.1, 0.15) is 19.8 Å². The van der Waals surface area contributed by atoms with Crippen LogP contribution in [-0.2, 0) is 9.53 Å². The van der Waals surface area contributed by atoms with Crippen molar-refractivity contribution >= 4 is 29.1 Å². The zero-order valence-electron chi connectivity index (χ0n) is 16.5. The fourth-order valence-electron chi connectivity index (χ4n) is 3.00. The minimum Gasteiger partial charge on any atom is -0.497 e. The number of benzene rings is 2. The number of hydrogen-bond donors (Lipinski definition) is 0. The second-order valence-corrected chi connectivity index (χ2v) is 7.63. The summed E-state index contributed by atoms with van der Waals surface area (Å²) in [6, 6.07) is 12.3. The van der Waals surface area contributed by atoms with Crippen LogP contribution in [0.15, 0.2) is 58.3 Å². The quantitative estimate of drug-likeness (QED) is 0.345. The van der Waals surface area contributed by atoms with Crippen LogP contribution < -0.4 is 14.4 Å². The van der Waals surface area contributed by atoms with Crippen LogP contribution in [0.25, 0.3) is 0 Å². The third-order valence-electron chi connectivity index (χ3n) is 4.49. The molecule has 2 aromatic rings. The Morgan fingerprint density at radius 3 is 2.07 bits per heavy atom. The number of carbonyl (C=O) groups is 1. The molecule has 0 aliphatic carbocycles. The van der Waals surface area contributed by atoms with E-state index in [1.54, 1.807) is 32.9 Å². The summed E-state index contributed by atoms with van der Waals surface area (Å²) in [4.78, 5) is 16.1. The summed E-state index contributed by atoms with van der Waals surface area (Å²) in [6.07, 6.45) is 1.69. The predicted octanol–water partition coefficient (Wildman–Crippen LogP) is 5.21. The van der Waals surface area contributed by atoms with Gasteiger partial charge in [0, 0.05) is 21.9 Å².